The van der Waals surface area contributed by atoms with E-state index in [1.54, 1.807) is 27.7 Å². The van der Waals surface area contributed by atoms with E-state index < -0.39 is 23.8 Å². The van der Waals surface area contributed by atoms with Crippen molar-refractivity contribution >= 4 is 66.5 Å². The van der Waals surface area contributed by atoms with Crippen LogP contribution in [0.5, 0.6) is 0 Å². The molecule has 11 rings (SSSR count). The number of aliphatic hydroxyl groups is 1. The molecule has 12 nitrogen and oxygen atoms in total. The summed E-state index contributed by atoms with van der Waals surface area (Å²) in [5.41, 5.74) is 7.54. The number of benzene rings is 3. The van der Waals surface area contributed by atoms with Crippen molar-refractivity contribution in [3.05, 3.63) is 124 Å². The molecule has 2 aliphatic heterocycles. The van der Waals surface area contributed by atoms with Crippen molar-refractivity contribution in [1.82, 2.24) is 13.7 Å². The van der Waals surface area contributed by atoms with E-state index in [4.69, 9.17) is 15.6 Å². The smallest absolute Gasteiger partial charge is 0.290 e. The molecule has 3 saturated carbocycles. The Bertz CT molecular complexity index is 3040. The van der Waals surface area contributed by atoms with Gasteiger partial charge in [0.25, 0.3) is 23.2 Å². The Morgan fingerprint density at radius 3 is 1.35 bits per heavy atom. The second-order valence-corrected chi connectivity index (χ2v) is 20.1. The fourth-order valence-corrected chi connectivity index (χ4v) is 11.1. The Kier molecular flexibility index (Phi) is 15.2. The van der Waals surface area contributed by atoms with Gasteiger partial charge in [0.05, 0.1) is 52.1 Å². The highest BCUT2D eigenvalue weighted by Gasteiger charge is 2.41. The number of nitrogens with two attached hydrogens (primary N) is 1. The number of anilines is 2. The summed E-state index contributed by atoms with van der Waals surface area (Å²) in [5.74, 6) is -1.09. The highest BCUT2D eigenvalue weighted by Crippen LogP contribution is 2.44. The second kappa shape index (κ2) is 20.9. The number of aliphatic hydroxyl groups excluding tert-OH is 1. The monoisotopic (exact) mass is 1050 g/mol. The number of rotatable bonds is 10. The van der Waals surface area contributed by atoms with Gasteiger partial charge in [0.15, 0.2) is 0 Å². The second-order valence-electron chi connectivity index (χ2n) is 19.3. The van der Waals surface area contributed by atoms with Crippen molar-refractivity contribution in [3.8, 4) is 0 Å². The van der Waals surface area contributed by atoms with Gasteiger partial charge in [0.2, 0.25) is 0 Å². The minimum atomic E-state index is -1.55. The largest absolute Gasteiger partial charge is 0.483 e. The number of carboxylic acid groups (broad SMARTS) is 1. The Morgan fingerprint density at radius 1 is 0.634 bits per heavy atom. The average molecular weight is 1050 g/mol. The molecule has 5 aliphatic rings. The Labute approximate surface area is 415 Å². The molecule has 2 unspecified atom stereocenters. The summed E-state index contributed by atoms with van der Waals surface area (Å²) in [6, 6.07) is 14.5. The number of pyridine rings is 3. The lowest BCUT2D eigenvalue weighted by Gasteiger charge is -2.26. The zero-order valence-corrected chi connectivity index (χ0v) is 41.7. The van der Waals surface area contributed by atoms with Gasteiger partial charge in [-0.2, -0.15) is 0 Å². The Balaban J connectivity index is 0.000000141. The van der Waals surface area contributed by atoms with Crippen molar-refractivity contribution in [2.45, 2.75) is 127 Å². The zero-order chi connectivity index (χ0) is 51.1. The third-order valence-corrected chi connectivity index (χ3v) is 15.4. The molecule has 2 saturated heterocycles. The lowest BCUT2D eigenvalue weighted by atomic mass is 10.0. The number of aryl methyl sites for hydroxylation is 2. The summed E-state index contributed by atoms with van der Waals surface area (Å²) in [5, 5.41) is 19.0. The van der Waals surface area contributed by atoms with Crippen LogP contribution < -0.4 is 32.2 Å². The maximum Gasteiger partial charge on any atom is 0.290 e. The lowest BCUT2D eigenvalue weighted by molar-refractivity contribution is -0.122. The number of fused-ring (bicyclic) bond motifs is 3. The average Bonchev–Trinajstić information content (AvgIpc) is 4.26. The number of carbonyl (C=O) groups is 1. The number of halogens is 6. The molecule has 380 valence electrons. The molecule has 4 N–H and O–H groups in total. The molecular formula is C53H60BrF5N6O6. The number of alkyl halides is 2. The molecule has 0 radical (unpaired) electrons. The van der Waals surface area contributed by atoms with Crippen LogP contribution in [0.2, 0.25) is 0 Å². The summed E-state index contributed by atoms with van der Waals surface area (Å²) in [6.45, 7) is 6.05. The van der Waals surface area contributed by atoms with Crippen molar-refractivity contribution < 1.29 is 37.0 Å². The summed E-state index contributed by atoms with van der Waals surface area (Å²) < 4.78 is 78.7. The van der Waals surface area contributed by atoms with Gasteiger partial charge < -0.3 is 39.4 Å². The Morgan fingerprint density at radius 2 is 1.00 bits per heavy atom. The van der Waals surface area contributed by atoms with E-state index in [1.165, 1.54) is 36.4 Å². The molecule has 5 heterocycles. The van der Waals surface area contributed by atoms with Crippen LogP contribution in [0.25, 0.3) is 32.7 Å². The van der Waals surface area contributed by atoms with E-state index in [1.807, 2.05) is 34.8 Å². The summed E-state index contributed by atoms with van der Waals surface area (Å²) in [4.78, 5) is 48.6. The molecule has 0 bridgehead atoms. The van der Waals surface area contributed by atoms with Crippen LogP contribution in [-0.2, 0) is 24.2 Å². The molecule has 6 aromatic rings. The van der Waals surface area contributed by atoms with Crippen LogP contribution >= 0.6 is 15.9 Å². The van der Waals surface area contributed by atoms with Gasteiger partial charge in [0, 0.05) is 96.1 Å². The van der Waals surface area contributed by atoms with Crippen LogP contribution in [0.1, 0.15) is 113 Å². The number of hydrogen-bond acceptors (Lipinski definition) is 8. The predicted molar refractivity (Wildman–Crippen MR) is 271 cm³/mol. The van der Waals surface area contributed by atoms with Crippen LogP contribution in [-0.4, -0.2) is 74.4 Å². The molecule has 71 heavy (non-hydrogen) atoms. The van der Waals surface area contributed by atoms with Gasteiger partial charge >= 0.3 is 0 Å². The van der Waals surface area contributed by atoms with Crippen LogP contribution in [0.15, 0.2) is 73.5 Å². The van der Waals surface area contributed by atoms with E-state index in [2.05, 4.69) is 15.9 Å². The fourth-order valence-electron chi connectivity index (χ4n) is 10.5. The minimum Gasteiger partial charge on any atom is -0.483 e. The number of hydrogen-bond donors (Lipinski definition) is 3. The maximum atomic E-state index is 15.0. The van der Waals surface area contributed by atoms with E-state index in [-0.39, 0.29) is 78.6 Å². The zero-order valence-electron chi connectivity index (χ0n) is 40.1. The standard InChI is InChI=1S/C20H24F2N2O.C18H21F2N3O2.C14H13BrFNO.CH2O2/c1-3-15-18-13(5-8-17(25)24(18)14-6-7-14)11-16(21)19(15)23-10-9-20(22,4-2)12-23;19-14-7-11-1-4-15(25)23(12-2-3-12)16(11)13(8-24)17(14)22-6-5-18(20,9-21)10-22;1-2-10-13(15)11(16)7-8-3-6-12(18)17(14(8)10)9-4-5-9;2-1-3/h5,8,11,14H,3-4,6-7,9-10,12H2,1-2H3;1,4,7,12,24H,2-3,5-6,8-10,21H2;3,6-7,9H,2,4-5H2,1H3;1H,(H,2,3). The highest BCUT2D eigenvalue weighted by atomic mass is 79.9. The molecule has 5 fully saturated rings. The molecule has 18 heteroatoms. The molecule has 2 atom stereocenters. The fraction of sp³-hybridized carbons (Fsp3) is 0.472. The predicted octanol–water partition coefficient (Wildman–Crippen LogP) is 9.71. The molecule has 0 amide bonds. The molecule has 3 aromatic carbocycles. The third kappa shape index (κ3) is 10.3. The third-order valence-electron chi connectivity index (χ3n) is 14.5. The van der Waals surface area contributed by atoms with Crippen molar-refractivity contribution in [3.63, 3.8) is 0 Å². The SMILES string of the molecule is CCc1c(Br)c(F)cc2ccc(=O)n(C3CC3)c12.CCc1c(N2CCC(F)(CC)C2)c(F)cc2ccc(=O)n(C3CC3)c12.NCC1(F)CCN(c2c(F)cc3ccc(=O)n(C4CC4)c3c2CO)C1.O=CO. The lowest BCUT2D eigenvalue weighted by Crippen LogP contribution is -2.36. The molecular weight excluding hydrogens is 992 g/mol. The quantitative estimate of drug-likeness (QED) is 0.0899. The maximum absolute atomic E-state index is 15.0. The van der Waals surface area contributed by atoms with Crippen LogP contribution in [0.3, 0.4) is 0 Å². The first-order valence-electron chi connectivity index (χ1n) is 24.5. The molecule has 3 aliphatic carbocycles. The van der Waals surface area contributed by atoms with Crippen LogP contribution in [0.4, 0.5) is 33.3 Å². The summed E-state index contributed by atoms with van der Waals surface area (Å²) in [6.07, 6.45) is 8.23. The van der Waals surface area contributed by atoms with Gasteiger partial charge in [-0.25, -0.2) is 22.0 Å². The van der Waals surface area contributed by atoms with E-state index in [0.717, 1.165) is 71.5 Å². The van der Waals surface area contributed by atoms with Crippen molar-refractivity contribution in [1.29, 1.82) is 0 Å². The van der Waals surface area contributed by atoms with Gasteiger partial charge in [-0.1, -0.05) is 20.8 Å². The number of nitrogens with zero attached hydrogens (tertiary/aromatic N) is 5. The van der Waals surface area contributed by atoms with E-state index in [0.29, 0.717) is 71.4 Å². The first-order chi connectivity index (χ1) is 34.0. The van der Waals surface area contributed by atoms with E-state index >= 15 is 0 Å². The van der Waals surface area contributed by atoms with Crippen LogP contribution in [0, 0.1) is 17.5 Å². The minimum absolute atomic E-state index is 0.0122. The topological polar surface area (TPSA) is 156 Å². The molecule has 0 spiro atoms. The first-order valence-corrected chi connectivity index (χ1v) is 25.3. The van der Waals surface area contributed by atoms with Crippen molar-refractivity contribution in [2.24, 2.45) is 5.73 Å². The van der Waals surface area contributed by atoms with Gasteiger partial charge in [-0.3, -0.25) is 19.2 Å². The van der Waals surface area contributed by atoms with Gasteiger partial charge in [-0.05, 0) is 116 Å². The first kappa shape index (κ1) is 51.8. The summed E-state index contributed by atoms with van der Waals surface area (Å²) >= 11 is 3.30. The van der Waals surface area contributed by atoms with Crippen molar-refractivity contribution in [2.75, 3.05) is 42.5 Å². The molecule has 3 aromatic heterocycles. The number of aromatic nitrogens is 3. The van der Waals surface area contributed by atoms with Gasteiger partial charge in [-0.15, -0.1) is 0 Å². The Hall–Kier alpha value is -5.59. The normalized spacial score (nSPS) is 20.7. The summed E-state index contributed by atoms with van der Waals surface area (Å²) in [7, 11) is 0. The van der Waals surface area contributed by atoms with Gasteiger partial charge in [0.1, 0.15) is 28.8 Å². The van der Waals surface area contributed by atoms with E-state index in [9.17, 15) is 41.4 Å². The highest BCUT2D eigenvalue weighted by molar-refractivity contribution is 9.10.